The first-order valence-corrected chi connectivity index (χ1v) is 6.70. The van der Waals surface area contributed by atoms with Gasteiger partial charge in [0.15, 0.2) is 0 Å². The van der Waals surface area contributed by atoms with Crippen LogP contribution in [0.3, 0.4) is 0 Å². The molecule has 0 radical (unpaired) electrons. The number of hydrogen-bond donors (Lipinski definition) is 2. The molecule has 0 bridgehead atoms. The molecule has 0 aliphatic carbocycles. The summed E-state index contributed by atoms with van der Waals surface area (Å²) in [6.07, 6.45) is 0. The molecule has 18 heavy (non-hydrogen) atoms. The Balaban J connectivity index is 2.79. The van der Waals surface area contributed by atoms with Crippen LogP contribution in [-0.4, -0.2) is 27.7 Å². The number of aromatic hydroxyl groups is 1. The first-order valence-electron chi connectivity index (χ1n) is 5.22. The highest BCUT2D eigenvalue weighted by Gasteiger charge is 2.15. The van der Waals surface area contributed by atoms with Crippen molar-refractivity contribution in [1.29, 1.82) is 0 Å². The maximum absolute atomic E-state index is 11.8. The third-order valence-electron chi connectivity index (χ3n) is 2.67. The van der Waals surface area contributed by atoms with E-state index in [1.165, 1.54) is 38.4 Å². The van der Waals surface area contributed by atoms with Gasteiger partial charge in [0.05, 0.1) is 12.0 Å². The third kappa shape index (κ3) is 2.12. The lowest BCUT2D eigenvalue weighted by atomic mass is 10.1. The van der Waals surface area contributed by atoms with Crippen molar-refractivity contribution in [3.63, 3.8) is 0 Å². The number of nitrogens with one attached hydrogen (secondary N) is 1. The maximum atomic E-state index is 11.8. The maximum Gasteiger partial charge on any atom is 0.240 e. The fraction of sp³-hybridized carbons (Fsp3) is 0.167. The normalized spacial score (nSPS) is 11.7. The Hall–Kier alpha value is -1.79. The Kier molecular flexibility index (Phi) is 3.14. The van der Waals surface area contributed by atoms with Crippen LogP contribution in [0, 0.1) is 0 Å². The lowest BCUT2D eigenvalue weighted by molar-refractivity contribution is 0.418. The number of ether oxygens (including phenoxy) is 1. The van der Waals surface area contributed by atoms with Crippen molar-refractivity contribution >= 4 is 20.8 Å². The molecule has 0 aromatic heterocycles. The van der Waals surface area contributed by atoms with Crippen molar-refractivity contribution in [1.82, 2.24) is 4.72 Å². The van der Waals surface area contributed by atoms with E-state index in [1.54, 1.807) is 6.07 Å². The van der Waals surface area contributed by atoms with Crippen LogP contribution in [0.4, 0.5) is 0 Å². The Morgan fingerprint density at radius 3 is 2.56 bits per heavy atom. The minimum atomic E-state index is -3.52. The Bertz CT molecular complexity index is 695. The fourth-order valence-electron chi connectivity index (χ4n) is 1.73. The summed E-state index contributed by atoms with van der Waals surface area (Å²) in [4.78, 5) is 0.125. The lowest BCUT2D eigenvalue weighted by Crippen LogP contribution is -2.18. The summed E-state index contributed by atoms with van der Waals surface area (Å²) in [5.41, 5.74) is 0. The van der Waals surface area contributed by atoms with E-state index in [4.69, 9.17) is 4.74 Å². The van der Waals surface area contributed by atoms with Gasteiger partial charge in [-0.05, 0) is 30.6 Å². The van der Waals surface area contributed by atoms with Crippen molar-refractivity contribution in [3.05, 3.63) is 30.3 Å². The molecule has 0 aliphatic rings. The van der Waals surface area contributed by atoms with Gasteiger partial charge in [0.25, 0.3) is 0 Å². The largest absolute Gasteiger partial charge is 0.508 e. The molecule has 5 nitrogen and oxygen atoms in total. The summed E-state index contributed by atoms with van der Waals surface area (Å²) in [6, 6.07) is 7.63. The van der Waals surface area contributed by atoms with Crippen molar-refractivity contribution in [2.75, 3.05) is 14.2 Å². The SMILES string of the molecule is CNS(=O)(=O)c1cc(OC)c2cc(O)ccc2c1. The number of fused-ring (bicyclic) bond motifs is 1. The fourth-order valence-corrected chi connectivity index (χ4v) is 2.51. The van der Waals surface area contributed by atoms with Crippen molar-refractivity contribution in [2.45, 2.75) is 4.90 Å². The molecule has 2 aromatic carbocycles. The second-order valence-electron chi connectivity index (χ2n) is 3.74. The highest BCUT2D eigenvalue weighted by Crippen LogP contribution is 2.31. The summed E-state index contributed by atoms with van der Waals surface area (Å²) in [5, 5.41) is 10.8. The van der Waals surface area contributed by atoms with Gasteiger partial charge < -0.3 is 9.84 Å². The van der Waals surface area contributed by atoms with Crippen LogP contribution >= 0.6 is 0 Å². The molecule has 0 heterocycles. The first kappa shape index (κ1) is 12.7. The van der Waals surface area contributed by atoms with Gasteiger partial charge in [-0.2, -0.15) is 0 Å². The summed E-state index contributed by atoms with van der Waals surface area (Å²) in [7, 11) is -0.722. The minimum absolute atomic E-state index is 0.102. The summed E-state index contributed by atoms with van der Waals surface area (Å²) >= 11 is 0. The molecule has 2 aromatic rings. The number of sulfonamides is 1. The van der Waals surface area contributed by atoms with E-state index in [-0.39, 0.29) is 10.6 Å². The standard InChI is InChI=1S/C12H13NO4S/c1-13-18(15,16)10-5-8-3-4-9(14)6-11(8)12(7-10)17-2/h3-7,13-14H,1-2H3. The second kappa shape index (κ2) is 4.47. The third-order valence-corrected chi connectivity index (χ3v) is 4.07. The van der Waals surface area contributed by atoms with Gasteiger partial charge in [0, 0.05) is 11.5 Å². The summed E-state index contributed by atoms with van der Waals surface area (Å²) in [6.45, 7) is 0. The molecule has 0 spiro atoms. The van der Waals surface area contributed by atoms with Gasteiger partial charge in [-0.25, -0.2) is 13.1 Å². The average molecular weight is 267 g/mol. The van der Waals surface area contributed by atoms with E-state index in [1.807, 2.05) is 0 Å². The summed E-state index contributed by atoms with van der Waals surface area (Å²) in [5.74, 6) is 0.502. The van der Waals surface area contributed by atoms with Crippen LogP contribution in [0.2, 0.25) is 0 Å². The molecule has 0 fully saturated rings. The van der Waals surface area contributed by atoms with Crippen molar-refractivity contribution in [3.8, 4) is 11.5 Å². The second-order valence-corrected chi connectivity index (χ2v) is 5.63. The zero-order chi connectivity index (χ0) is 13.3. The number of phenols is 1. The van der Waals surface area contributed by atoms with Crippen LogP contribution in [0.1, 0.15) is 0 Å². The Labute approximate surface area is 105 Å². The first-order chi connectivity index (χ1) is 8.47. The van der Waals surface area contributed by atoms with E-state index in [9.17, 15) is 13.5 Å². The van der Waals surface area contributed by atoms with Gasteiger partial charge in [-0.1, -0.05) is 6.07 Å². The zero-order valence-corrected chi connectivity index (χ0v) is 10.8. The highest BCUT2D eigenvalue weighted by molar-refractivity contribution is 7.89. The lowest BCUT2D eigenvalue weighted by Gasteiger charge is -2.09. The van der Waals surface area contributed by atoms with E-state index in [0.29, 0.717) is 16.5 Å². The molecule has 0 amide bonds. The van der Waals surface area contributed by atoms with E-state index >= 15 is 0 Å². The molecule has 6 heteroatoms. The molecule has 0 saturated heterocycles. The predicted molar refractivity (Wildman–Crippen MR) is 68.4 cm³/mol. The number of hydrogen-bond acceptors (Lipinski definition) is 4. The van der Waals surface area contributed by atoms with Crippen LogP contribution in [0.5, 0.6) is 11.5 Å². The molecule has 96 valence electrons. The van der Waals surface area contributed by atoms with Gasteiger partial charge in [-0.15, -0.1) is 0 Å². The van der Waals surface area contributed by atoms with Gasteiger partial charge in [0.1, 0.15) is 11.5 Å². The van der Waals surface area contributed by atoms with Crippen LogP contribution in [0.25, 0.3) is 10.8 Å². The van der Waals surface area contributed by atoms with Crippen molar-refractivity contribution in [2.24, 2.45) is 0 Å². The molecular formula is C12H13NO4S. The Morgan fingerprint density at radius 1 is 1.22 bits per heavy atom. The molecule has 0 atom stereocenters. The molecule has 2 N–H and O–H groups in total. The molecule has 2 rings (SSSR count). The molecule has 0 saturated carbocycles. The van der Waals surface area contributed by atoms with Crippen LogP contribution in [0.15, 0.2) is 35.2 Å². The van der Waals surface area contributed by atoms with Crippen molar-refractivity contribution < 1.29 is 18.3 Å². The monoisotopic (exact) mass is 267 g/mol. The van der Waals surface area contributed by atoms with Gasteiger partial charge in [0.2, 0.25) is 10.0 Å². The molecule has 0 unspecified atom stereocenters. The Morgan fingerprint density at radius 2 is 1.94 bits per heavy atom. The van der Waals surface area contributed by atoms with E-state index in [0.717, 1.165) is 0 Å². The number of phenolic OH excluding ortho intramolecular Hbond substituents is 1. The summed E-state index contributed by atoms with van der Waals surface area (Å²) < 4.78 is 30.9. The van der Waals surface area contributed by atoms with E-state index in [2.05, 4.69) is 4.72 Å². The molecular weight excluding hydrogens is 254 g/mol. The van der Waals surface area contributed by atoms with Crippen LogP contribution < -0.4 is 9.46 Å². The number of methoxy groups -OCH3 is 1. The number of rotatable bonds is 3. The van der Waals surface area contributed by atoms with Gasteiger partial charge >= 0.3 is 0 Å². The van der Waals surface area contributed by atoms with Gasteiger partial charge in [-0.3, -0.25) is 0 Å². The minimum Gasteiger partial charge on any atom is -0.508 e. The predicted octanol–water partition coefficient (Wildman–Crippen LogP) is 1.46. The number of benzene rings is 2. The average Bonchev–Trinajstić information content (AvgIpc) is 2.37. The van der Waals surface area contributed by atoms with E-state index < -0.39 is 10.0 Å². The highest BCUT2D eigenvalue weighted by atomic mass is 32.2. The zero-order valence-electron chi connectivity index (χ0n) is 9.97. The molecule has 0 aliphatic heterocycles. The topological polar surface area (TPSA) is 75.6 Å². The smallest absolute Gasteiger partial charge is 0.240 e. The quantitative estimate of drug-likeness (QED) is 0.882. The van der Waals surface area contributed by atoms with Crippen LogP contribution in [-0.2, 0) is 10.0 Å².